The van der Waals surface area contributed by atoms with E-state index in [1.807, 2.05) is 13.8 Å². The highest BCUT2D eigenvalue weighted by Gasteiger charge is 2.24. The molecule has 1 aliphatic rings. The lowest BCUT2D eigenvalue weighted by Gasteiger charge is -2.34. The second-order valence-electron chi connectivity index (χ2n) is 5.57. The van der Waals surface area contributed by atoms with Gasteiger partial charge in [-0.2, -0.15) is 0 Å². The van der Waals surface area contributed by atoms with Crippen molar-refractivity contribution in [3.63, 3.8) is 0 Å². The second-order valence-corrected chi connectivity index (χ2v) is 5.57. The number of hydrogen-bond acceptors (Lipinski definition) is 5. The Morgan fingerprint density at radius 3 is 2.55 bits per heavy atom. The molecule has 0 aliphatic carbocycles. The predicted molar refractivity (Wildman–Crippen MR) is 84.6 cm³/mol. The third kappa shape index (κ3) is 4.35. The Bertz CT molecular complexity index is 511. The SMILES string of the molecule is COc1ccc(OC)c(NC(=O)CN2C[C@@H](C)O[C@H](C)C2)c1. The fraction of sp³-hybridized carbons (Fsp3) is 0.562. The molecule has 22 heavy (non-hydrogen) atoms. The first kappa shape index (κ1) is 16.6. The molecule has 0 unspecified atom stereocenters. The number of hydrogen-bond donors (Lipinski definition) is 1. The monoisotopic (exact) mass is 308 g/mol. The van der Waals surface area contributed by atoms with E-state index in [-0.39, 0.29) is 18.1 Å². The van der Waals surface area contributed by atoms with E-state index in [1.165, 1.54) is 0 Å². The first-order valence-corrected chi connectivity index (χ1v) is 7.41. The number of carbonyl (C=O) groups is 1. The van der Waals surface area contributed by atoms with E-state index in [9.17, 15) is 4.79 Å². The number of benzene rings is 1. The molecular weight excluding hydrogens is 284 g/mol. The molecule has 1 aliphatic heterocycles. The van der Waals surface area contributed by atoms with Gasteiger partial charge in [0.1, 0.15) is 11.5 Å². The molecule has 0 spiro atoms. The smallest absolute Gasteiger partial charge is 0.238 e. The molecule has 1 heterocycles. The maximum Gasteiger partial charge on any atom is 0.238 e. The van der Waals surface area contributed by atoms with Crippen molar-refractivity contribution in [2.24, 2.45) is 0 Å². The highest BCUT2D eigenvalue weighted by molar-refractivity contribution is 5.94. The Labute approximate surface area is 131 Å². The highest BCUT2D eigenvalue weighted by Crippen LogP contribution is 2.28. The summed E-state index contributed by atoms with van der Waals surface area (Å²) in [7, 11) is 3.16. The Balaban J connectivity index is 1.99. The minimum Gasteiger partial charge on any atom is -0.497 e. The van der Waals surface area contributed by atoms with Gasteiger partial charge in [0.05, 0.1) is 38.7 Å². The van der Waals surface area contributed by atoms with Gasteiger partial charge in [0.2, 0.25) is 5.91 Å². The lowest BCUT2D eigenvalue weighted by molar-refractivity contribution is -0.121. The predicted octanol–water partition coefficient (Wildman–Crippen LogP) is 1.75. The summed E-state index contributed by atoms with van der Waals surface area (Å²) in [4.78, 5) is 14.4. The van der Waals surface area contributed by atoms with Gasteiger partial charge in [0, 0.05) is 19.2 Å². The van der Waals surface area contributed by atoms with Crippen LogP contribution >= 0.6 is 0 Å². The van der Waals surface area contributed by atoms with Gasteiger partial charge in [-0.05, 0) is 26.0 Å². The Morgan fingerprint density at radius 2 is 1.95 bits per heavy atom. The topological polar surface area (TPSA) is 60.0 Å². The van der Waals surface area contributed by atoms with Gasteiger partial charge in [-0.1, -0.05) is 0 Å². The molecule has 1 amide bonds. The van der Waals surface area contributed by atoms with Crippen molar-refractivity contribution in [3.8, 4) is 11.5 Å². The Morgan fingerprint density at radius 1 is 1.27 bits per heavy atom. The number of morpholine rings is 1. The average molecular weight is 308 g/mol. The summed E-state index contributed by atoms with van der Waals surface area (Å²) in [6, 6.07) is 5.31. The molecule has 6 heteroatoms. The van der Waals surface area contributed by atoms with E-state index in [2.05, 4.69) is 10.2 Å². The van der Waals surface area contributed by atoms with Gasteiger partial charge in [0.15, 0.2) is 0 Å². The fourth-order valence-electron chi connectivity index (χ4n) is 2.72. The number of ether oxygens (including phenoxy) is 3. The number of carbonyl (C=O) groups excluding carboxylic acids is 1. The number of nitrogens with one attached hydrogen (secondary N) is 1. The van der Waals surface area contributed by atoms with Crippen molar-refractivity contribution in [1.82, 2.24) is 4.90 Å². The van der Waals surface area contributed by atoms with Crippen molar-refractivity contribution in [2.45, 2.75) is 26.1 Å². The maximum atomic E-state index is 12.3. The van der Waals surface area contributed by atoms with E-state index in [1.54, 1.807) is 32.4 Å². The molecule has 0 bridgehead atoms. The van der Waals surface area contributed by atoms with Crippen molar-refractivity contribution in [1.29, 1.82) is 0 Å². The van der Waals surface area contributed by atoms with Gasteiger partial charge in [0.25, 0.3) is 0 Å². The molecule has 122 valence electrons. The lowest BCUT2D eigenvalue weighted by atomic mass is 10.2. The van der Waals surface area contributed by atoms with Crippen LogP contribution in [0.4, 0.5) is 5.69 Å². The Hall–Kier alpha value is -1.79. The number of methoxy groups -OCH3 is 2. The van der Waals surface area contributed by atoms with Crippen LogP contribution in [0.5, 0.6) is 11.5 Å². The zero-order valence-electron chi connectivity index (χ0n) is 13.6. The normalized spacial score (nSPS) is 22.2. The fourth-order valence-corrected chi connectivity index (χ4v) is 2.72. The molecule has 2 atom stereocenters. The largest absolute Gasteiger partial charge is 0.497 e. The summed E-state index contributed by atoms with van der Waals surface area (Å²) in [6.45, 7) is 5.88. The molecule has 1 fully saturated rings. The molecule has 1 aromatic carbocycles. The summed E-state index contributed by atoms with van der Waals surface area (Å²) in [6.07, 6.45) is 0.283. The third-order valence-electron chi connectivity index (χ3n) is 3.54. The molecule has 2 rings (SSSR count). The van der Waals surface area contributed by atoms with E-state index in [0.29, 0.717) is 23.7 Å². The molecule has 0 radical (unpaired) electrons. The Kier molecular flexibility index (Phi) is 5.63. The lowest BCUT2D eigenvalue weighted by Crippen LogP contribution is -2.48. The van der Waals surface area contributed by atoms with Gasteiger partial charge < -0.3 is 19.5 Å². The van der Waals surface area contributed by atoms with Crippen molar-refractivity contribution in [2.75, 3.05) is 39.2 Å². The number of rotatable bonds is 5. The van der Waals surface area contributed by atoms with Gasteiger partial charge in [-0.15, -0.1) is 0 Å². The van der Waals surface area contributed by atoms with E-state index in [0.717, 1.165) is 13.1 Å². The standard InChI is InChI=1S/C16H24N2O4/c1-11-8-18(9-12(2)22-11)10-16(19)17-14-7-13(20-3)5-6-15(14)21-4/h5-7,11-12H,8-10H2,1-4H3,(H,17,19)/t11-,12-/m1/s1. The van der Waals surface area contributed by atoms with Crippen LogP contribution in [0.2, 0.25) is 0 Å². The van der Waals surface area contributed by atoms with Crippen LogP contribution in [0, 0.1) is 0 Å². The van der Waals surface area contributed by atoms with E-state index >= 15 is 0 Å². The highest BCUT2D eigenvalue weighted by atomic mass is 16.5. The zero-order chi connectivity index (χ0) is 16.1. The van der Waals surface area contributed by atoms with Crippen LogP contribution in [-0.4, -0.2) is 56.9 Å². The van der Waals surface area contributed by atoms with Gasteiger partial charge in [-0.3, -0.25) is 9.69 Å². The summed E-state index contributed by atoms with van der Waals surface area (Å²) in [5.74, 6) is 1.20. The van der Waals surface area contributed by atoms with E-state index < -0.39 is 0 Å². The summed E-state index contributed by atoms with van der Waals surface area (Å²) >= 11 is 0. The van der Waals surface area contributed by atoms with Crippen LogP contribution in [0.15, 0.2) is 18.2 Å². The van der Waals surface area contributed by atoms with Crippen molar-refractivity contribution >= 4 is 11.6 Å². The minimum atomic E-state index is -0.0761. The molecule has 1 aromatic rings. The van der Waals surface area contributed by atoms with Crippen LogP contribution in [-0.2, 0) is 9.53 Å². The molecule has 1 N–H and O–H groups in total. The molecule has 0 aromatic heterocycles. The van der Waals surface area contributed by atoms with Gasteiger partial charge in [-0.25, -0.2) is 0 Å². The summed E-state index contributed by atoms with van der Waals surface area (Å²) in [5, 5.41) is 2.89. The summed E-state index contributed by atoms with van der Waals surface area (Å²) < 4.78 is 16.1. The number of amides is 1. The molecule has 0 saturated carbocycles. The van der Waals surface area contributed by atoms with Gasteiger partial charge >= 0.3 is 0 Å². The van der Waals surface area contributed by atoms with Crippen molar-refractivity contribution < 1.29 is 19.0 Å². The minimum absolute atomic E-state index is 0.0761. The van der Waals surface area contributed by atoms with Crippen molar-refractivity contribution in [3.05, 3.63) is 18.2 Å². The quantitative estimate of drug-likeness (QED) is 0.898. The second kappa shape index (κ2) is 7.47. The third-order valence-corrected chi connectivity index (χ3v) is 3.54. The first-order valence-electron chi connectivity index (χ1n) is 7.41. The average Bonchev–Trinajstić information content (AvgIpc) is 2.45. The molecule has 6 nitrogen and oxygen atoms in total. The summed E-state index contributed by atoms with van der Waals surface area (Å²) in [5.41, 5.74) is 0.612. The number of nitrogens with zero attached hydrogens (tertiary/aromatic N) is 1. The zero-order valence-corrected chi connectivity index (χ0v) is 13.6. The molecule has 1 saturated heterocycles. The maximum absolute atomic E-state index is 12.3. The molecular formula is C16H24N2O4. The number of anilines is 1. The first-order chi connectivity index (χ1) is 10.5. The van der Waals surface area contributed by atoms with E-state index in [4.69, 9.17) is 14.2 Å². The van der Waals surface area contributed by atoms with Crippen LogP contribution in [0.3, 0.4) is 0 Å². The van der Waals surface area contributed by atoms with Crippen LogP contribution in [0.1, 0.15) is 13.8 Å². The van der Waals surface area contributed by atoms with Crippen LogP contribution in [0.25, 0.3) is 0 Å². The van der Waals surface area contributed by atoms with Crippen LogP contribution < -0.4 is 14.8 Å².